The predicted octanol–water partition coefficient (Wildman–Crippen LogP) is 9.56. The van der Waals surface area contributed by atoms with Gasteiger partial charge in [0, 0.05) is 40.4 Å². The molecule has 42 heavy (non-hydrogen) atoms. The van der Waals surface area contributed by atoms with Crippen LogP contribution < -0.4 is 4.74 Å². The van der Waals surface area contributed by atoms with E-state index in [1.165, 1.54) is 5.56 Å². The first-order valence-corrected chi connectivity index (χ1v) is 14.3. The highest BCUT2D eigenvalue weighted by molar-refractivity contribution is 6.09. The number of aromatic nitrogens is 4. The van der Waals surface area contributed by atoms with Crippen LogP contribution in [-0.4, -0.2) is 19.3 Å². The van der Waals surface area contributed by atoms with Gasteiger partial charge in [0.15, 0.2) is 0 Å². The zero-order chi connectivity index (χ0) is 29.7. The van der Waals surface area contributed by atoms with Crippen molar-refractivity contribution in [2.24, 2.45) is 0 Å². The van der Waals surface area contributed by atoms with E-state index in [1.54, 1.807) is 0 Å². The fourth-order valence-electron chi connectivity index (χ4n) is 5.84. The SMILES string of the molecule is [2H]c1ccc2c(c1)c1ccc(Oc3cccc(-n4nc(C)c(-c5ccccc5)c4C)c3)cc1n2-c1cc(C(C)C)ccn1. The fourth-order valence-corrected chi connectivity index (χ4v) is 5.84. The maximum atomic E-state index is 8.26. The van der Waals surface area contributed by atoms with Crippen LogP contribution in [0.1, 0.15) is 38.1 Å². The summed E-state index contributed by atoms with van der Waals surface area (Å²) in [5.74, 6) is 2.67. The van der Waals surface area contributed by atoms with E-state index in [-0.39, 0.29) is 0 Å². The van der Waals surface area contributed by atoms with Gasteiger partial charge in [-0.3, -0.25) is 4.57 Å². The van der Waals surface area contributed by atoms with Crippen molar-refractivity contribution in [3.05, 3.63) is 132 Å². The van der Waals surface area contributed by atoms with E-state index < -0.39 is 0 Å². The molecule has 0 bridgehead atoms. The van der Waals surface area contributed by atoms with Gasteiger partial charge in [0.2, 0.25) is 0 Å². The van der Waals surface area contributed by atoms with E-state index >= 15 is 0 Å². The Morgan fingerprint density at radius 2 is 1.57 bits per heavy atom. The molecule has 0 saturated carbocycles. The molecule has 0 fully saturated rings. The second-order valence-corrected chi connectivity index (χ2v) is 11.0. The Kier molecular flexibility index (Phi) is 6.07. The summed E-state index contributed by atoms with van der Waals surface area (Å²) < 4.78 is 18.9. The molecule has 206 valence electrons. The maximum Gasteiger partial charge on any atom is 0.137 e. The number of hydrogen-bond acceptors (Lipinski definition) is 3. The van der Waals surface area contributed by atoms with Gasteiger partial charge >= 0.3 is 0 Å². The third kappa shape index (κ3) is 4.44. The molecular weight excluding hydrogens is 516 g/mol. The Morgan fingerprint density at radius 1 is 0.762 bits per heavy atom. The molecule has 5 heteroatoms. The van der Waals surface area contributed by atoms with Gasteiger partial charge in [0.05, 0.1) is 23.8 Å². The Balaban J connectivity index is 1.30. The number of pyridine rings is 1. The summed E-state index contributed by atoms with van der Waals surface area (Å²) in [6, 6.07) is 35.0. The summed E-state index contributed by atoms with van der Waals surface area (Å²) >= 11 is 0. The molecule has 0 spiro atoms. The zero-order valence-corrected chi connectivity index (χ0v) is 24.2. The topological polar surface area (TPSA) is 44.9 Å². The van der Waals surface area contributed by atoms with Crippen LogP contribution in [0.2, 0.25) is 0 Å². The molecule has 3 aromatic heterocycles. The number of fused-ring (bicyclic) bond motifs is 3. The number of rotatable bonds is 6. The van der Waals surface area contributed by atoms with Crippen molar-refractivity contribution in [2.45, 2.75) is 33.6 Å². The van der Waals surface area contributed by atoms with Gasteiger partial charge in [0.1, 0.15) is 17.3 Å². The highest BCUT2D eigenvalue weighted by Gasteiger charge is 2.17. The number of benzene rings is 4. The molecule has 0 radical (unpaired) electrons. The fraction of sp³-hybridized carbons (Fsp3) is 0.135. The summed E-state index contributed by atoms with van der Waals surface area (Å²) in [7, 11) is 0. The lowest BCUT2D eigenvalue weighted by molar-refractivity contribution is 0.482. The minimum atomic E-state index is 0.381. The van der Waals surface area contributed by atoms with Crippen molar-refractivity contribution < 1.29 is 6.11 Å². The first-order valence-electron chi connectivity index (χ1n) is 14.8. The zero-order valence-electron chi connectivity index (χ0n) is 25.2. The van der Waals surface area contributed by atoms with Crippen LogP contribution in [0.5, 0.6) is 11.5 Å². The van der Waals surface area contributed by atoms with Gasteiger partial charge in [0.25, 0.3) is 0 Å². The van der Waals surface area contributed by atoms with Crippen molar-refractivity contribution in [1.82, 2.24) is 19.3 Å². The monoisotopic (exact) mass is 549 g/mol. The van der Waals surface area contributed by atoms with Gasteiger partial charge in [-0.2, -0.15) is 5.10 Å². The number of ether oxygens (including phenoxy) is 1. The van der Waals surface area contributed by atoms with Gasteiger partial charge in [-0.1, -0.05) is 68.4 Å². The summed E-state index contributed by atoms with van der Waals surface area (Å²) in [5, 5.41) is 6.95. The van der Waals surface area contributed by atoms with Crippen molar-refractivity contribution in [3.63, 3.8) is 0 Å². The molecule has 4 aromatic carbocycles. The summed E-state index contributed by atoms with van der Waals surface area (Å²) in [6.45, 7) is 8.53. The molecule has 3 heterocycles. The number of hydrogen-bond donors (Lipinski definition) is 0. The lowest BCUT2D eigenvalue weighted by atomic mass is 10.0. The average molecular weight is 550 g/mol. The van der Waals surface area contributed by atoms with E-state index in [1.807, 2.05) is 65.5 Å². The number of aryl methyl sites for hydroxylation is 1. The third-order valence-corrected chi connectivity index (χ3v) is 7.90. The minimum absolute atomic E-state index is 0.381. The highest BCUT2D eigenvalue weighted by Crippen LogP contribution is 2.36. The first-order chi connectivity index (χ1) is 20.9. The molecule has 0 atom stereocenters. The van der Waals surface area contributed by atoms with Gasteiger partial charge in [-0.25, -0.2) is 9.67 Å². The maximum absolute atomic E-state index is 8.26. The highest BCUT2D eigenvalue weighted by atomic mass is 16.5. The van der Waals surface area contributed by atoms with Crippen LogP contribution in [0.3, 0.4) is 0 Å². The Hall–Kier alpha value is -5.16. The van der Waals surface area contributed by atoms with Crippen molar-refractivity contribution >= 4 is 21.8 Å². The van der Waals surface area contributed by atoms with Crippen LogP contribution in [-0.2, 0) is 0 Å². The van der Waals surface area contributed by atoms with E-state index in [0.717, 1.165) is 67.3 Å². The van der Waals surface area contributed by atoms with Gasteiger partial charge in [-0.15, -0.1) is 0 Å². The minimum Gasteiger partial charge on any atom is -0.457 e. The normalized spacial score (nSPS) is 11.9. The van der Waals surface area contributed by atoms with Crippen LogP contribution in [0.15, 0.2) is 115 Å². The van der Waals surface area contributed by atoms with Gasteiger partial charge < -0.3 is 4.74 Å². The molecule has 0 saturated heterocycles. The lowest BCUT2D eigenvalue weighted by Crippen LogP contribution is -2.00. The number of nitrogens with zero attached hydrogens (tertiary/aromatic N) is 4. The molecule has 0 aliphatic heterocycles. The molecule has 0 amide bonds. The molecular formula is C37H32N4O. The summed E-state index contributed by atoms with van der Waals surface area (Å²) in [4.78, 5) is 4.75. The molecule has 7 rings (SSSR count). The van der Waals surface area contributed by atoms with Crippen molar-refractivity contribution in [3.8, 4) is 34.1 Å². The van der Waals surface area contributed by atoms with Crippen LogP contribution in [0.4, 0.5) is 0 Å². The quantitative estimate of drug-likeness (QED) is 0.207. The third-order valence-electron chi connectivity index (χ3n) is 7.90. The largest absolute Gasteiger partial charge is 0.457 e. The smallest absolute Gasteiger partial charge is 0.137 e. The van der Waals surface area contributed by atoms with E-state index in [9.17, 15) is 0 Å². The van der Waals surface area contributed by atoms with E-state index in [4.69, 9.17) is 16.2 Å². The summed E-state index contributed by atoms with van der Waals surface area (Å²) in [6.07, 6.45) is 1.87. The number of para-hydroxylation sites is 1. The predicted molar refractivity (Wildman–Crippen MR) is 171 cm³/mol. The molecule has 0 unspecified atom stereocenters. The van der Waals surface area contributed by atoms with Crippen LogP contribution in [0.25, 0.3) is 44.4 Å². The molecule has 0 aliphatic carbocycles. The van der Waals surface area contributed by atoms with Crippen molar-refractivity contribution in [2.75, 3.05) is 0 Å². The Labute approximate surface area is 247 Å². The standard InChI is InChI=1S/C37H32N4O/c1-24(2)28-19-20-38-36(21-28)40-34-16-9-8-15-32(34)33-18-17-31(23-35(33)40)42-30-14-10-13-29(22-30)41-26(4)37(25(3)39-41)27-11-6-5-7-12-27/h5-24H,1-4H3/i8D. The van der Waals surface area contributed by atoms with E-state index in [2.05, 4.69) is 80.8 Å². The second kappa shape index (κ2) is 10.3. The van der Waals surface area contributed by atoms with Crippen LogP contribution in [0, 0.1) is 13.8 Å². The lowest BCUT2D eigenvalue weighted by Gasteiger charge is -2.12. The Morgan fingerprint density at radius 3 is 2.40 bits per heavy atom. The average Bonchev–Trinajstić information content (AvgIpc) is 3.50. The summed E-state index contributed by atoms with van der Waals surface area (Å²) in [5.41, 5.74) is 8.53. The van der Waals surface area contributed by atoms with Gasteiger partial charge in [-0.05, 0) is 73.4 Å². The van der Waals surface area contributed by atoms with Crippen molar-refractivity contribution in [1.29, 1.82) is 0 Å². The molecule has 5 nitrogen and oxygen atoms in total. The molecule has 0 N–H and O–H groups in total. The molecule has 0 aliphatic rings. The van der Waals surface area contributed by atoms with E-state index in [0.29, 0.717) is 12.0 Å². The Bertz CT molecular complexity index is 2120. The second-order valence-electron chi connectivity index (χ2n) is 11.0. The first kappa shape index (κ1) is 24.6. The van der Waals surface area contributed by atoms with Crippen LogP contribution >= 0.6 is 0 Å². The molecule has 7 aromatic rings.